The summed E-state index contributed by atoms with van der Waals surface area (Å²) in [5.74, 6) is -3.59. The van der Waals surface area contributed by atoms with Crippen LogP contribution in [0.5, 0.6) is 0 Å². The number of hydrogen-bond donors (Lipinski definition) is 2. The molecule has 20 heavy (non-hydrogen) atoms. The maximum atomic E-state index is 12.7. The van der Waals surface area contributed by atoms with E-state index in [1.807, 2.05) is 0 Å². The monoisotopic (exact) mass is 330 g/mol. The summed E-state index contributed by atoms with van der Waals surface area (Å²) in [6.45, 7) is 0.324. The van der Waals surface area contributed by atoms with Crippen LogP contribution in [0.4, 0.5) is 13.2 Å². The Balaban J connectivity index is 3.13. The van der Waals surface area contributed by atoms with Crippen LogP contribution < -0.4 is 5.32 Å². The van der Waals surface area contributed by atoms with Crippen LogP contribution in [0.2, 0.25) is 10.3 Å². The number of hydrogen-bond acceptors (Lipinski definition) is 3. The van der Waals surface area contributed by atoms with Crippen molar-refractivity contribution in [2.75, 3.05) is 0 Å². The topological polar surface area (TPSA) is 79.3 Å². The fourth-order valence-corrected chi connectivity index (χ4v) is 1.55. The second-order valence-electron chi connectivity index (χ2n) is 3.85. The van der Waals surface area contributed by atoms with Crippen molar-refractivity contribution in [1.82, 2.24) is 10.3 Å². The van der Waals surface area contributed by atoms with Crippen LogP contribution in [0, 0.1) is 0 Å². The second-order valence-corrected chi connectivity index (χ2v) is 4.60. The molecule has 110 valence electrons. The lowest BCUT2D eigenvalue weighted by atomic mass is 10.0. The Hall–Kier alpha value is -1.54. The van der Waals surface area contributed by atoms with Gasteiger partial charge >= 0.3 is 12.1 Å². The van der Waals surface area contributed by atoms with Crippen LogP contribution in [0.1, 0.15) is 17.3 Å². The summed E-state index contributed by atoms with van der Waals surface area (Å²) in [4.78, 5) is 25.9. The van der Waals surface area contributed by atoms with Crippen LogP contribution in [0.15, 0.2) is 12.1 Å². The summed E-state index contributed by atoms with van der Waals surface area (Å²) >= 11 is 11.0. The predicted molar refractivity (Wildman–Crippen MR) is 63.8 cm³/mol. The molecule has 1 amide bonds. The highest BCUT2D eigenvalue weighted by Crippen LogP contribution is 2.31. The lowest BCUT2D eigenvalue weighted by molar-refractivity contribution is -0.203. The fraction of sp³-hybridized carbons (Fsp3) is 0.300. The quantitative estimate of drug-likeness (QED) is 0.834. The second kappa shape index (κ2) is 5.45. The molecular formula is C10H7Cl2F3N2O3. The van der Waals surface area contributed by atoms with E-state index in [2.05, 4.69) is 4.98 Å². The van der Waals surface area contributed by atoms with E-state index in [4.69, 9.17) is 28.3 Å². The summed E-state index contributed by atoms with van der Waals surface area (Å²) < 4.78 is 38.2. The van der Waals surface area contributed by atoms with Gasteiger partial charge in [-0.15, -0.1) is 0 Å². The molecule has 0 fully saturated rings. The molecule has 1 aromatic rings. The SMILES string of the molecule is CC(NC(=O)c1ccc(Cl)nc1Cl)(C(=O)O)C(F)(F)F. The fourth-order valence-electron chi connectivity index (χ4n) is 1.12. The molecule has 10 heteroatoms. The molecule has 0 radical (unpaired) electrons. The van der Waals surface area contributed by atoms with Crippen LogP contribution in [-0.2, 0) is 4.79 Å². The molecule has 0 bridgehead atoms. The number of halogens is 5. The Morgan fingerprint density at radius 2 is 1.85 bits per heavy atom. The van der Waals surface area contributed by atoms with Gasteiger partial charge in [-0.2, -0.15) is 13.2 Å². The van der Waals surface area contributed by atoms with Gasteiger partial charge in [-0.05, 0) is 19.1 Å². The molecule has 1 heterocycles. The molecule has 1 atom stereocenters. The van der Waals surface area contributed by atoms with Gasteiger partial charge in [0.1, 0.15) is 10.3 Å². The molecule has 0 saturated carbocycles. The highest BCUT2D eigenvalue weighted by molar-refractivity contribution is 6.34. The van der Waals surface area contributed by atoms with E-state index in [9.17, 15) is 22.8 Å². The lowest BCUT2D eigenvalue weighted by Crippen LogP contribution is -2.61. The van der Waals surface area contributed by atoms with Crippen LogP contribution in [-0.4, -0.2) is 33.7 Å². The maximum Gasteiger partial charge on any atom is 0.422 e. The molecule has 0 saturated heterocycles. The summed E-state index contributed by atoms with van der Waals surface area (Å²) in [6.07, 6.45) is -5.19. The first kappa shape index (κ1) is 16.5. The van der Waals surface area contributed by atoms with E-state index in [-0.39, 0.29) is 5.15 Å². The molecule has 5 nitrogen and oxygen atoms in total. The Bertz CT molecular complexity index is 565. The Morgan fingerprint density at radius 1 is 1.30 bits per heavy atom. The van der Waals surface area contributed by atoms with Gasteiger partial charge in [-0.25, -0.2) is 9.78 Å². The predicted octanol–water partition coefficient (Wildman–Crippen LogP) is 2.52. The number of carbonyl (C=O) groups excluding carboxylic acids is 1. The smallest absolute Gasteiger partial charge is 0.422 e. The number of nitrogens with one attached hydrogen (secondary N) is 1. The minimum Gasteiger partial charge on any atom is -0.479 e. The normalized spacial score (nSPS) is 14.5. The van der Waals surface area contributed by atoms with E-state index >= 15 is 0 Å². The standard InChI is InChI=1S/C10H7Cl2F3N2O3/c1-9(8(19)20,10(13,14)15)17-7(18)4-2-3-5(11)16-6(4)12/h2-3H,1H3,(H,17,18)(H,19,20). The first-order chi connectivity index (χ1) is 8.99. The van der Waals surface area contributed by atoms with E-state index in [1.165, 1.54) is 5.32 Å². The zero-order valence-corrected chi connectivity index (χ0v) is 11.3. The van der Waals surface area contributed by atoms with Crippen molar-refractivity contribution in [3.8, 4) is 0 Å². The Morgan fingerprint density at radius 3 is 2.25 bits per heavy atom. The number of amides is 1. The molecule has 0 spiro atoms. The third-order valence-electron chi connectivity index (χ3n) is 2.42. The number of carbonyl (C=O) groups is 2. The molecule has 0 aromatic carbocycles. The minimum atomic E-state index is -5.19. The van der Waals surface area contributed by atoms with Gasteiger partial charge in [0.2, 0.25) is 5.54 Å². The number of pyridine rings is 1. The molecule has 1 unspecified atom stereocenters. The van der Waals surface area contributed by atoms with Crippen molar-refractivity contribution >= 4 is 35.1 Å². The summed E-state index contributed by atoms with van der Waals surface area (Å²) in [7, 11) is 0. The van der Waals surface area contributed by atoms with Gasteiger partial charge in [0.05, 0.1) is 5.56 Å². The van der Waals surface area contributed by atoms with Crippen molar-refractivity contribution in [3.05, 3.63) is 28.0 Å². The van der Waals surface area contributed by atoms with Gasteiger partial charge in [-0.1, -0.05) is 23.2 Å². The van der Waals surface area contributed by atoms with Crippen LogP contribution in [0.3, 0.4) is 0 Å². The number of aliphatic carboxylic acids is 1. The summed E-state index contributed by atoms with van der Waals surface area (Å²) in [5.41, 5.74) is -3.87. The van der Waals surface area contributed by atoms with Crippen molar-refractivity contribution < 1.29 is 27.9 Å². The molecule has 0 aliphatic carbocycles. The number of alkyl halides is 3. The third-order valence-corrected chi connectivity index (χ3v) is 2.92. The molecule has 1 rings (SSSR count). The molecule has 1 aromatic heterocycles. The highest BCUT2D eigenvalue weighted by atomic mass is 35.5. The Kier molecular flexibility index (Phi) is 4.50. The zero-order valence-electron chi connectivity index (χ0n) is 9.76. The molecule has 0 aliphatic rings. The van der Waals surface area contributed by atoms with E-state index in [0.717, 1.165) is 12.1 Å². The average Bonchev–Trinajstić information content (AvgIpc) is 2.26. The maximum absolute atomic E-state index is 12.7. The number of carboxylic acids is 1. The molecule has 2 N–H and O–H groups in total. The molecular weight excluding hydrogens is 324 g/mol. The number of carboxylic acid groups (broad SMARTS) is 1. The van der Waals surface area contributed by atoms with Crippen LogP contribution in [0.25, 0.3) is 0 Å². The number of aromatic nitrogens is 1. The third kappa shape index (κ3) is 3.13. The first-order valence-corrected chi connectivity index (χ1v) is 5.69. The first-order valence-electron chi connectivity index (χ1n) is 4.93. The Labute approximate surface area is 120 Å². The number of nitrogens with zero attached hydrogens (tertiary/aromatic N) is 1. The number of rotatable bonds is 3. The zero-order chi connectivity index (χ0) is 15.7. The van der Waals surface area contributed by atoms with Crippen molar-refractivity contribution in [2.45, 2.75) is 18.6 Å². The van der Waals surface area contributed by atoms with E-state index in [0.29, 0.717) is 6.92 Å². The van der Waals surface area contributed by atoms with Gasteiger partial charge in [-0.3, -0.25) is 4.79 Å². The van der Waals surface area contributed by atoms with E-state index in [1.54, 1.807) is 0 Å². The summed E-state index contributed by atoms with van der Waals surface area (Å²) in [5, 5.41) is 9.55. The lowest BCUT2D eigenvalue weighted by Gasteiger charge is -2.28. The molecule has 0 aliphatic heterocycles. The summed E-state index contributed by atoms with van der Waals surface area (Å²) in [6, 6.07) is 2.17. The van der Waals surface area contributed by atoms with Gasteiger partial charge in [0.25, 0.3) is 5.91 Å². The van der Waals surface area contributed by atoms with Gasteiger partial charge < -0.3 is 10.4 Å². The largest absolute Gasteiger partial charge is 0.479 e. The average molecular weight is 331 g/mol. The van der Waals surface area contributed by atoms with Gasteiger partial charge in [0, 0.05) is 0 Å². The van der Waals surface area contributed by atoms with Crippen molar-refractivity contribution in [1.29, 1.82) is 0 Å². The highest BCUT2D eigenvalue weighted by Gasteiger charge is 2.58. The minimum absolute atomic E-state index is 0.0663. The van der Waals surface area contributed by atoms with Gasteiger partial charge in [0.15, 0.2) is 0 Å². The van der Waals surface area contributed by atoms with Crippen LogP contribution >= 0.6 is 23.2 Å². The van der Waals surface area contributed by atoms with Crippen molar-refractivity contribution in [2.24, 2.45) is 0 Å². The van der Waals surface area contributed by atoms with Crippen molar-refractivity contribution in [3.63, 3.8) is 0 Å². The van der Waals surface area contributed by atoms with E-state index < -0.39 is 34.3 Å².